The predicted molar refractivity (Wildman–Crippen MR) is 75.3 cm³/mol. The van der Waals surface area contributed by atoms with Gasteiger partial charge in [0.25, 0.3) is 0 Å². The molecule has 0 saturated carbocycles. The third-order valence-electron chi connectivity index (χ3n) is 3.95. The van der Waals surface area contributed by atoms with Gasteiger partial charge < -0.3 is 9.47 Å². The van der Waals surface area contributed by atoms with Crippen LogP contribution in [0.4, 0.5) is 0 Å². The second-order valence-electron chi connectivity index (χ2n) is 5.40. The first-order valence-electron chi connectivity index (χ1n) is 6.51. The highest BCUT2D eigenvalue weighted by Gasteiger charge is 2.23. The van der Waals surface area contributed by atoms with Crippen molar-refractivity contribution in [3.05, 3.63) is 27.8 Å². The number of allylic oxidation sites excluding steroid dienone is 1. The highest BCUT2D eigenvalue weighted by atomic mass is 16.7. The van der Waals surface area contributed by atoms with Gasteiger partial charge in [0.15, 0.2) is 11.5 Å². The Kier molecular flexibility index (Phi) is 3.38. The molecule has 2 nitrogen and oxygen atoms in total. The Labute approximate surface area is 110 Å². The number of rotatable bonds is 2. The molecule has 18 heavy (non-hydrogen) atoms. The molecule has 0 atom stereocenters. The third kappa shape index (κ3) is 2.00. The Balaban J connectivity index is 2.62. The fraction of sp³-hybridized carbons (Fsp3) is 0.500. The van der Waals surface area contributed by atoms with Gasteiger partial charge in [-0.1, -0.05) is 25.5 Å². The van der Waals surface area contributed by atoms with Crippen molar-refractivity contribution >= 4 is 6.08 Å². The standard InChI is InChI=1S/C16H22O2/c1-9(2)10(3)7-14-11(4)12(5)15-16(13(14)6)18-8-17-15/h7,9H,8H2,1-6H3/b10-7+. The summed E-state index contributed by atoms with van der Waals surface area (Å²) in [4.78, 5) is 0. The molecule has 0 fully saturated rings. The van der Waals surface area contributed by atoms with Crippen LogP contribution in [0.3, 0.4) is 0 Å². The van der Waals surface area contributed by atoms with Gasteiger partial charge in [0.2, 0.25) is 6.79 Å². The van der Waals surface area contributed by atoms with Crippen molar-refractivity contribution in [1.29, 1.82) is 0 Å². The summed E-state index contributed by atoms with van der Waals surface area (Å²) in [5.41, 5.74) is 6.33. The van der Waals surface area contributed by atoms with Crippen LogP contribution in [0.25, 0.3) is 6.08 Å². The Morgan fingerprint density at radius 1 is 1.00 bits per heavy atom. The molecule has 0 bridgehead atoms. The molecule has 1 heterocycles. The van der Waals surface area contributed by atoms with E-state index in [0.29, 0.717) is 12.7 Å². The van der Waals surface area contributed by atoms with E-state index in [2.05, 4.69) is 47.6 Å². The van der Waals surface area contributed by atoms with Crippen molar-refractivity contribution in [2.45, 2.75) is 41.5 Å². The smallest absolute Gasteiger partial charge is 0.231 e. The average Bonchev–Trinajstić information content (AvgIpc) is 2.80. The lowest BCUT2D eigenvalue weighted by Gasteiger charge is -2.15. The Hall–Kier alpha value is -1.44. The molecule has 0 aromatic heterocycles. The summed E-state index contributed by atoms with van der Waals surface area (Å²) < 4.78 is 11.2. The Bertz CT molecular complexity index is 511. The molecule has 1 aromatic carbocycles. The van der Waals surface area contributed by atoms with Gasteiger partial charge in [-0.25, -0.2) is 0 Å². The minimum Gasteiger partial charge on any atom is -0.453 e. The first-order valence-corrected chi connectivity index (χ1v) is 6.51. The van der Waals surface area contributed by atoms with E-state index in [4.69, 9.17) is 9.47 Å². The summed E-state index contributed by atoms with van der Waals surface area (Å²) in [6.07, 6.45) is 2.28. The molecule has 98 valence electrons. The van der Waals surface area contributed by atoms with Crippen LogP contribution in [0.1, 0.15) is 43.0 Å². The van der Waals surface area contributed by atoms with E-state index in [1.54, 1.807) is 0 Å². The fourth-order valence-corrected chi connectivity index (χ4v) is 2.22. The van der Waals surface area contributed by atoms with Crippen LogP contribution in [0, 0.1) is 26.7 Å². The number of hydrogen-bond donors (Lipinski definition) is 0. The fourth-order valence-electron chi connectivity index (χ4n) is 2.22. The van der Waals surface area contributed by atoms with Gasteiger partial charge >= 0.3 is 0 Å². The minimum atomic E-state index is 0.340. The maximum atomic E-state index is 5.60. The monoisotopic (exact) mass is 246 g/mol. The topological polar surface area (TPSA) is 18.5 Å². The summed E-state index contributed by atoms with van der Waals surface area (Å²) in [5, 5.41) is 0. The van der Waals surface area contributed by atoms with Crippen LogP contribution in [0.2, 0.25) is 0 Å². The number of ether oxygens (including phenoxy) is 2. The number of fused-ring (bicyclic) bond motifs is 1. The van der Waals surface area contributed by atoms with E-state index in [-0.39, 0.29) is 0 Å². The van der Waals surface area contributed by atoms with E-state index >= 15 is 0 Å². The van der Waals surface area contributed by atoms with E-state index in [1.807, 2.05) is 0 Å². The summed E-state index contributed by atoms with van der Waals surface area (Å²) in [5.74, 6) is 2.40. The molecule has 0 spiro atoms. The maximum Gasteiger partial charge on any atom is 0.231 e. The SMILES string of the molecule is C/C(=C\c1c(C)c(C)c2c(c1C)OCO2)C(C)C. The van der Waals surface area contributed by atoms with Gasteiger partial charge in [-0.05, 0) is 50.3 Å². The second-order valence-corrected chi connectivity index (χ2v) is 5.40. The molecular weight excluding hydrogens is 224 g/mol. The number of benzene rings is 1. The molecule has 2 rings (SSSR count). The molecule has 0 N–H and O–H groups in total. The van der Waals surface area contributed by atoms with Crippen LogP contribution in [0.15, 0.2) is 5.57 Å². The molecule has 1 aromatic rings. The van der Waals surface area contributed by atoms with Crippen LogP contribution >= 0.6 is 0 Å². The highest BCUT2D eigenvalue weighted by Crippen LogP contribution is 2.43. The molecular formula is C16H22O2. The largest absolute Gasteiger partial charge is 0.453 e. The van der Waals surface area contributed by atoms with Gasteiger partial charge in [-0.15, -0.1) is 0 Å². The van der Waals surface area contributed by atoms with E-state index in [9.17, 15) is 0 Å². The van der Waals surface area contributed by atoms with Gasteiger partial charge in [-0.2, -0.15) is 0 Å². The van der Waals surface area contributed by atoms with E-state index < -0.39 is 0 Å². The first-order chi connectivity index (χ1) is 8.43. The quantitative estimate of drug-likeness (QED) is 0.770. The lowest BCUT2D eigenvalue weighted by molar-refractivity contribution is 0.173. The molecule has 0 unspecified atom stereocenters. The van der Waals surface area contributed by atoms with Crippen molar-refractivity contribution in [2.24, 2.45) is 5.92 Å². The lowest BCUT2D eigenvalue weighted by Crippen LogP contribution is -1.96. The van der Waals surface area contributed by atoms with Crippen LogP contribution in [-0.2, 0) is 0 Å². The van der Waals surface area contributed by atoms with Crippen molar-refractivity contribution in [2.75, 3.05) is 6.79 Å². The maximum absolute atomic E-state index is 5.60. The molecule has 0 saturated heterocycles. The highest BCUT2D eigenvalue weighted by molar-refractivity contribution is 5.70. The van der Waals surface area contributed by atoms with Crippen LogP contribution in [-0.4, -0.2) is 6.79 Å². The van der Waals surface area contributed by atoms with Gasteiger partial charge in [0.05, 0.1) is 0 Å². The minimum absolute atomic E-state index is 0.340. The van der Waals surface area contributed by atoms with Gasteiger partial charge in [0.1, 0.15) is 0 Å². The van der Waals surface area contributed by atoms with Crippen molar-refractivity contribution in [1.82, 2.24) is 0 Å². The normalized spacial score (nSPS) is 14.5. The van der Waals surface area contributed by atoms with Gasteiger partial charge in [0, 0.05) is 5.56 Å². The van der Waals surface area contributed by atoms with E-state index in [0.717, 1.165) is 11.5 Å². The zero-order valence-corrected chi connectivity index (χ0v) is 12.2. The Morgan fingerprint density at radius 3 is 2.11 bits per heavy atom. The van der Waals surface area contributed by atoms with Crippen LogP contribution in [0.5, 0.6) is 11.5 Å². The summed E-state index contributed by atoms with van der Waals surface area (Å²) in [7, 11) is 0. The molecule has 2 heteroatoms. The van der Waals surface area contributed by atoms with Crippen molar-refractivity contribution in [3.63, 3.8) is 0 Å². The lowest BCUT2D eigenvalue weighted by atomic mass is 9.93. The second kappa shape index (κ2) is 4.68. The van der Waals surface area contributed by atoms with Crippen molar-refractivity contribution < 1.29 is 9.47 Å². The molecule has 1 aliphatic heterocycles. The zero-order valence-electron chi connectivity index (χ0n) is 12.2. The number of hydrogen-bond acceptors (Lipinski definition) is 2. The van der Waals surface area contributed by atoms with Crippen LogP contribution < -0.4 is 9.47 Å². The van der Waals surface area contributed by atoms with E-state index in [1.165, 1.54) is 27.8 Å². The Morgan fingerprint density at radius 2 is 1.56 bits per heavy atom. The molecule has 1 aliphatic rings. The molecule has 0 amide bonds. The summed E-state index contributed by atoms with van der Waals surface area (Å²) in [6.45, 7) is 13.3. The van der Waals surface area contributed by atoms with Gasteiger partial charge in [-0.3, -0.25) is 0 Å². The van der Waals surface area contributed by atoms with Crippen molar-refractivity contribution in [3.8, 4) is 11.5 Å². The first kappa shape index (κ1) is 13.0. The molecule has 0 radical (unpaired) electrons. The summed E-state index contributed by atoms with van der Waals surface area (Å²) in [6, 6.07) is 0. The third-order valence-corrected chi connectivity index (χ3v) is 3.95. The predicted octanol–water partition coefficient (Wildman–Crippen LogP) is 4.40. The average molecular weight is 246 g/mol. The zero-order chi connectivity index (χ0) is 13.4. The molecule has 0 aliphatic carbocycles. The summed E-state index contributed by atoms with van der Waals surface area (Å²) >= 11 is 0.